The number of nitrogens with one attached hydrogen (secondary N) is 2. The summed E-state index contributed by atoms with van der Waals surface area (Å²) in [6.45, 7) is 2.73. The van der Waals surface area contributed by atoms with E-state index in [4.69, 9.17) is 8.83 Å². The Morgan fingerprint density at radius 1 is 1.07 bits per heavy atom. The number of carbonyl (C=O) groups is 2. The summed E-state index contributed by atoms with van der Waals surface area (Å²) in [7, 11) is 0. The van der Waals surface area contributed by atoms with Gasteiger partial charge in [-0.15, -0.1) is 0 Å². The van der Waals surface area contributed by atoms with Crippen molar-refractivity contribution >= 4 is 17.9 Å². The van der Waals surface area contributed by atoms with E-state index in [1.807, 2.05) is 31.2 Å². The summed E-state index contributed by atoms with van der Waals surface area (Å²) in [6, 6.07) is 11.4. The third kappa shape index (κ3) is 6.49. The van der Waals surface area contributed by atoms with Gasteiger partial charge in [0.15, 0.2) is 0 Å². The van der Waals surface area contributed by atoms with Crippen LogP contribution in [0.4, 0.5) is 0 Å². The third-order valence-electron chi connectivity index (χ3n) is 4.15. The van der Waals surface area contributed by atoms with Gasteiger partial charge in [-0.1, -0.05) is 17.7 Å². The quantitative estimate of drug-likeness (QED) is 0.545. The highest BCUT2D eigenvalue weighted by Crippen LogP contribution is 2.19. The van der Waals surface area contributed by atoms with E-state index in [2.05, 4.69) is 15.6 Å². The van der Waals surface area contributed by atoms with Crippen molar-refractivity contribution in [3.05, 3.63) is 72.0 Å². The van der Waals surface area contributed by atoms with Crippen molar-refractivity contribution in [2.24, 2.45) is 0 Å². The van der Waals surface area contributed by atoms with Crippen molar-refractivity contribution in [1.29, 1.82) is 0 Å². The van der Waals surface area contributed by atoms with Crippen LogP contribution in [-0.2, 0) is 16.0 Å². The number of hydrogen-bond acceptors (Lipinski definition) is 5. The lowest BCUT2D eigenvalue weighted by atomic mass is 10.1. The second kappa shape index (κ2) is 10.1. The Balaban J connectivity index is 1.33. The monoisotopic (exact) mass is 393 g/mol. The number of aryl methyl sites for hydroxylation is 1. The SMILES string of the molecule is Cc1ccc(-c2nc(CCNC(=O)CCNC(=O)/C=C/c3ccco3)co2)cc1. The molecule has 0 bridgehead atoms. The molecular formula is C22H23N3O4. The highest BCUT2D eigenvalue weighted by molar-refractivity contribution is 5.91. The molecule has 7 nitrogen and oxygen atoms in total. The minimum Gasteiger partial charge on any atom is -0.465 e. The molecule has 29 heavy (non-hydrogen) atoms. The lowest BCUT2D eigenvalue weighted by Crippen LogP contribution is -2.31. The van der Waals surface area contributed by atoms with E-state index in [9.17, 15) is 9.59 Å². The maximum Gasteiger partial charge on any atom is 0.244 e. The standard InChI is InChI=1S/C22H23N3O4/c1-16-4-6-17(7-5-16)22-25-18(15-29-22)10-12-23-21(27)11-13-24-20(26)9-8-19-3-2-14-28-19/h2-9,14-15H,10-13H2,1H3,(H,23,27)(H,24,26)/b9-8+. The number of amides is 2. The number of hydrogen-bond donors (Lipinski definition) is 2. The van der Waals surface area contributed by atoms with E-state index < -0.39 is 0 Å². The first kappa shape index (κ1) is 20.1. The van der Waals surface area contributed by atoms with Crippen LogP contribution < -0.4 is 10.6 Å². The first-order valence-electron chi connectivity index (χ1n) is 9.38. The second-order valence-corrected chi connectivity index (χ2v) is 6.50. The molecule has 2 N–H and O–H groups in total. The van der Waals surface area contributed by atoms with Crippen LogP contribution in [0.2, 0.25) is 0 Å². The molecular weight excluding hydrogens is 370 g/mol. The maximum absolute atomic E-state index is 11.9. The van der Waals surface area contributed by atoms with Crippen molar-refractivity contribution in [3.8, 4) is 11.5 Å². The van der Waals surface area contributed by atoms with E-state index in [1.165, 1.54) is 17.9 Å². The Bertz CT molecular complexity index is 956. The summed E-state index contributed by atoms with van der Waals surface area (Å²) in [5, 5.41) is 5.46. The molecule has 0 aliphatic heterocycles. The molecule has 3 aromatic rings. The van der Waals surface area contributed by atoms with Crippen LogP contribution in [0, 0.1) is 6.92 Å². The molecule has 2 heterocycles. The lowest BCUT2D eigenvalue weighted by Gasteiger charge is -2.04. The predicted octanol–water partition coefficient (Wildman–Crippen LogP) is 3.12. The molecule has 2 aromatic heterocycles. The zero-order chi connectivity index (χ0) is 20.5. The summed E-state index contributed by atoms with van der Waals surface area (Å²) in [5.74, 6) is 0.746. The normalized spacial score (nSPS) is 10.9. The van der Waals surface area contributed by atoms with E-state index in [1.54, 1.807) is 24.5 Å². The highest BCUT2D eigenvalue weighted by Gasteiger charge is 2.07. The molecule has 0 radical (unpaired) electrons. The zero-order valence-corrected chi connectivity index (χ0v) is 16.2. The van der Waals surface area contributed by atoms with Crippen LogP contribution in [0.3, 0.4) is 0 Å². The van der Waals surface area contributed by atoms with Crippen molar-refractivity contribution in [2.45, 2.75) is 19.8 Å². The van der Waals surface area contributed by atoms with Gasteiger partial charge in [-0.2, -0.15) is 0 Å². The molecule has 0 atom stereocenters. The number of furan rings is 1. The number of carbonyl (C=O) groups excluding carboxylic acids is 2. The molecule has 0 aliphatic rings. The summed E-state index contributed by atoms with van der Waals surface area (Å²) >= 11 is 0. The van der Waals surface area contributed by atoms with E-state index in [0.29, 0.717) is 24.6 Å². The van der Waals surface area contributed by atoms with Crippen LogP contribution in [0.25, 0.3) is 17.5 Å². The molecule has 0 aliphatic carbocycles. The number of nitrogens with zero attached hydrogens (tertiary/aromatic N) is 1. The fraction of sp³-hybridized carbons (Fsp3) is 0.227. The van der Waals surface area contributed by atoms with Gasteiger partial charge in [0.25, 0.3) is 0 Å². The molecule has 1 aromatic carbocycles. The minimum absolute atomic E-state index is 0.137. The molecule has 2 amide bonds. The Morgan fingerprint density at radius 2 is 1.90 bits per heavy atom. The first-order valence-corrected chi connectivity index (χ1v) is 9.38. The zero-order valence-electron chi connectivity index (χ0n) is 16.2. The van der Waals surface area contributed by atoms with Gasteiger partial charge >= 0.3 is 0 Å². The average Bonchev–Trinajstić information content (AvgIpc) is 3.39. The molecule has 150 valence electrons. The van der Waals surface area contributed by atoms with E-state index in [0.717, 1.165) is 11.3 Å². The van der Waals surface area contributed by atoms with Crippen molar-refractivity contribution in [2.75, 3.05) is 13.1 Å². The number of oxazole rings is 1. The fourth-order valence-corrected chi connectivity index (χ4v) is 2.57. The molecule has 7 heteroatoms. The Labute approximate surface area is 168 Å². The van der Waals surface area contributed by atoms with Gasteiger partial charge in [-0.25, -0.2) is 4.98 Å². The van der Waals surface area contributed by atoms with Crippen molar-refractivity contribution in [3.63, 3.8) is 0 Å². The van der Waals surface area contributed by atoms with E-state index >= 15 is 0 Å². The van der Waals surface area contributed by atoms with Gasteiger partial charge in [0, 0.05) is 37.6 Å². The van der Waals surface area contributed by atoms with Gasteiger partial charge in [-0.3, -0.25) is 9.59 Å². The summed E-state index contributed by atoms with van der Waals surface area (Å²) < 4.78 is 10.6. The average molecular weight is 393 g/mol. The Kier molecular flexibility index (Phi) is 7.00. The number of benzene rings is 1. The molecule has 0 saturated heterocycles. The molecule has 0 spiro atoms. The Hall–Kier alpha value is -3.61. The molecule has 0 saturated carbocycles. The van der Waals surface area contributed by atoms with Gasteiger partial charge in [0.05, 0.1) is 12.0 Å². The van der Waals surface area contributed by atoms with Gasteiger partial charge in [0.2, 0.25) is 17.7 Å². The number of rotatable bonds is 9. The van der Waals surface area contributed by atoms with Gasteiger partial charge < -0.3 is 19.5 Å². The van der Waals surface area contributed by atoms with Crippen molar-refractivity contribution in [1.82, 2.24) is 15.6 Å². The summed E-state index contributed by atoms with van der Waals surface area (Å²) in [5.41, 5.74) is 2.87. The van der Waals surface area contributed by atoms with Crippen LogP contribution in [-0.4, -0.2) is 29.9 Å². The predicted molar refractivity (Wildman–Crippen MR) is 109 cm³/mol. The van der Waals surface area contributed by atoms with Crippen LogP contribution in [0.15, 0.2) is 63.8 Å². The minimum atomic E-state index is -0.277. The van der Waals surface area contributed by atoms with Crippen LogP contribution in [0.5, 0.6) is 0 Å². The molecule has 0 fully saturated rings. The smallest absolute Gasteiger partial charge is 0.244 e. The van der Waals surface area contributed by atoms with Gasteiger partial charge in [0.1, 0.15) is 12.0 Å². The van der Waals surface area contributed by atoms with Crippen molar-refractivity contribution < 1.29 is 18.4 Å². The highest BCUT2D eigenvalue weighted by atomic mass is 16.3. The van der Waals surface area contributed by atoms with Crippen LogP contribution >= 0.6 is 0 Å². The van der Waals surface area contributed by atoms with Gasteiger partial charge in [-0.05, 0) is 37.3 Å². The second-order valence-electron chi connectivity index (χ2n) is 6.50. The van der Waals surface area contributed by atoms with Crippen LogP contribution in [0.1, 0.15) is 23.4 Å². The van der Waals surface area contributed by atoms with E-state index in [-0.39, 0.29) is 24.8 Å². The Morgan fingerprint density at radius 3 is 2.66 bits per heavy atom. The maximum atomic E-state index is 11.9. The third-order valence-corrected chi connectivity index (χ3v) is 4.15. The summed E-state index contributed by atoms with van der Waals surface area (Å²) in [6.07, 6.45) is 6.84. The molecule has 3 rings (SSSR count). The first-order chi connectivity index (χ1) is 14.1. The lowest BCUT2D eigenvalue weighted by molar-refractivity contribution is -0.121. The molecule has 0 unspecified atom stereocenters. The number of aromatic nitrogens is 1. The topological polar surface area (TPSA) is 97.4 Å². The fourth-order valence-electron chi connectivity index (χ4n) is 2.57. The summed E-state index contributed by atoms with van der Waals surface area (Å²) in [4.78, 5) is 28.0. The largest absolute Gasteiger partial charge is 0.465 e.